The van der Waals surface area contributed by atoms with E-state index in [1.165, 1.54) is 6.92 Å². The molecule has 1 unspecified atom stereocenters. The lowest BCUT2D eigenvalue weighted by atomic mass is 9.81. The van der Waals surface area contributed by atoms with Gasteiger partial charge in [-0.3, -0.25) is 0 Å². The zero-order chi connectivity index (χ0) is 22.5. The average molecular weight is 434 g/mol. The molecule has 0 spiro atoms. The Labute approximate surface area is 181 Å². The Kier molecular flexibility index (Phi) is 7.76. The predicted molar refractivity (Wildman–Crippen MR) is 116 cm³/mol. The number of aliphatic hydroxyl groups is 1. The molecule has 2 aromatic carbocycles. The van der Waals surface area contributed by atoms with Gasteiger partial charge in [0.15, 0.2) is 0 Å². The molecular weight excluding hydrogens is 403 g/mol. The molecular formula is C25H30F3NO2. The van der Waals surface area contributed by atoms with Gasteiger partial charge in [-0.05, 0) is 79.0 Å². The van der Waals surface area contributed by atoms with Gasteiger partial charge >= 0.3 is 0 Å². The van der Waals surface area contributed by atoms with E-state index in [1.54, 1.807) is 19.1 Å². The number of aryl methyl sites for hydroxylation is 1. The third-order valence-corrected chi connectivity index (χ3v) is 6.24. The SMILES string of the molecule is CCc1cc(C(C)=NOC(F)c2cc(F)c(C3CCCCC3)c(C)c2F)ccc1CO. The summed E-state index contributed by atoms with van der Waals surface area (Å²) in [6.07, 6.45) is 3.25. The summed E-state index contributed by atoms with van der Waals surface area (Å²) in [4.78, 5) is 4.92. The van der Waals surface area contributed by atoms with Crippen LogP contribution in [-0.4, -0.2) is 10.8 Å². The van der Waals surface area contributed by atoms with Gasteiger partial charge in [-0.1, -0.05) is 43.5 Å². The number of hydrogen-bond donors (Lipinski definition) is 1. The minimum Gasteiger partial charge on any atom is -0.392 e. The second kappa shape index (κ2) is 10.3. The monoisotopic (exact) mass is 433 g/mol. The van der Waals surface area contributed by atoms with E-state index in [2.05, 4.69) is 5.16 Å². The molecule has 0 aromatic heterocycles. The highest BCUT2D eigenvalue weighted by molar-refractivity contribution is 5.98. The van der Waals surface area contributed by atoms with Crippen LogP contribution in [-0.2, 0) is 17.9 Å². The molecule has 0 saturated heterocycles. The van der Waals surface area contributed by atoms with Crippen LogP contribution < -0.4 is 0 Å². The van der Waals surface area contributed by atoms with Crippen LogP contribution in [0, 0.1) is 18.6 Å². The summed E-state index contributed by atoms with van der Waals surface area (Å²) in [5.74, 6) is -1.38. The fraction of sp³-hybridized carbons (Fsp3) is 0.480. The molecule has 3 nitrogen and oxygen atoms in total. The van der Waals surface area contributed by atoms with E-state index in [4.69, 9.17) is 4.84 Å². The molecule has 0 amide bonds. The smallest absolute Gasteiger partial charge is 0.292 e. The lowest BCUT2D eigenvalue weighted by molar-refractivity contribution is -0.0410. The molecule has 1 aliphatic carbocycles. The molecule has 0 heterocycles. The van der Waals surface area contributed by atoms with E-state index in [-0.39, 0.29) is 18.1 Å². The fourth-order valence-corrected chi connectivity index (χ4v) is 4.42. The minimum absolute atomic E-state index is 0.0220. The number of rotatable bonds is 7. The number of oxime groups is 1. The number of hydrogen-bond acceptors (Lipinski definition) is 3. The molecule has 0 bridgehead atoms. The summed E-state index contributed by atoms with van der Waals surface area (Å²) in [6.45, 7) is 5.05. The number of alkyl halides is 1. The van der Waals surface area contributed by atoms with Crippen molar-refractivity contribution in [1.29, 1.82) is 0 Å². The Balaban J connectivity index is 1.80. The van der Waals surface area contributed by atoms with Crippen LogP contribution in [0.2, 0.25) is 0 Å². The zero-order valence-corrected chi connectivity index (χ0v) is 18.4. The van der Waals surface area contributed by atoms with E-state index in [0.717, 1.165) is 55.7 Å². The Morgan fingerprint density at radius 2 is 1.87 bits per heavy atom. The maximum Gasteiger partial charge on any atom is 0.292 e. The fourth-order valence-electron chi connectivity index (χ4n) is 4.42. The van der Waals surface area contributed by atoms with Crippen LogP contribution in [0.4, 0.5) is 13.2 Å². The lowest BCUT2D eigenvalue weighted by Crippen LogP contribution is -2.12. The van der Waals surface area contributed by atoms with Crippen molar-refractivity contribution in [3.63, 3.8) is 0 Å². The van der Waals surface area contributed by atoms with Crippen LogP contribution >= 0.6 is 0 Å². The minimum atomic E-state index is -2.22. The molecule has 0 radical (unpaired) electrons. The summed E-state index contributed by atoms with van der Waals surface area (Å²) in [5.41, 5.74) is 2.92. The Bertz CT molecular complexity index is 952. The van der Waals surface area contributed by atoms with Crippen molar-refractivity contribution < 1.29 is 23.1 Å². The summed E-state index contributed by atoms with van der Waals surface area (Å²) in [7, 11) is 0. The second-order valence-electron chi connectivity index (χ2n) is 8.23. The number of benzene rings is 2. The van der Waals surface area contributed by atoms with Gasteiger partial charge in [-0.25, -0.2) is 8.78 Å². The zero-order valence-electron chi connectivity index (χ0n) is 18.4. The molecule has 31 heavy (non-hydrogen) atoms. The van der Waals surface area contributed by atoms with Crippen molar-refractivity contribution in [1.82, 2.24) is 0 Å². The third-order valence-electron chi connectivity index (χ3n) is 6.24. The molecule has 3 rings (SSSR count). The first-order chi connectivity index (χ1) is 14.9. The van der Waals surface area contributed by atoms with Crippen molar-refractivity contribution in [2.24, 2.45) is 5.16 Å². The first-order valence-electron chi connectivity index (χ1n) is 10.9. The topological polar surface area (TPSA) is 41.8 Å². The van der Waals surface area contributed by atoms with Crippen LogP contribution in [0.25, 0.3) is 0 Å². The molecule has 168 valence electrons. The first kappa shape index (κ1) is 23.3. The molecule has 6 heteroatoms. The summed E-state index contributed by atoms with van der Waals surface area (Å²) >= 11 is 0. The van der Waals surface area contributed by atoms with E-state index < -0.39 is 23.6 Å². The third kappa shape index (κ3) is 5.12. The quantitative estimate of drug-likeness (QED) is 0.386. The standard InChI is InChI=1S/C25H30F3NO2/c1-4-17-12-19(10-11-20(17)14-30)16(3)29-31-25(28)21-13-22(26)23(15(2)24(21)27)18-8-6-5-7-9-18/h10-13,18,25,30H,4-9,14H2,1-3H3. The van der Waals surface area contributed by atoms with Crippen LogP contribution in [0.5, 0.6) is 0 Å². The van der Waals surface area contributed by atoms with Gasteiger partial charge in [0.25, 0.3) is 6.36 Å². The lowest BCUT2D eigenvalue weighted by Gasteiger charge is -2.25. The van der Waals surface area contributed by atoms with Gasteiger partial charge in [0, 0.05) is 0 Å². The molecule has 1 N–H and O–H groups in total. The Morgan fingerprint density at radius 3 is 2.52 bits per heavy atom. The Hall–Kier alpha value is -2.34. The largest absolute Gasteiger partial charge is 0.392 e. The molecule has 1 atom stereocenters. The maximum atomic E-state index is 14.9. The molecule has 2 aromatic rings. The van der Waals surface area contributed by atoms with E-state index in [1.807, 2.05) is 13.0 Å². The molecule has 1 saturated carbocycles. The van der Waals surface area contributed by atoms with Gasteiger partial charge in [-0.15, -0.1) is 0 Å². The average Bonchev–Trinajstić information content (AvgIpc) is 2.79. The summed E-state index contributed by atoms with van der Waals surface area (Å²) in [5, 5.41) is 13.2. The van der Waals surface area contributed by atoms with Gasteiger partial charge < -0.3 is 9.94 Å². The first-order valence-corrected chi connectivity index (χ1v) is 10.9. The van der Waals surface area contributed by atoms with Gasteiger partial charge in [0.1, 0.15) is 11.6 Å². The van der Waals surface area contributed by atoms with Crippen molar-refractivity contribution in [2.75, 3.05) is 0 Å². The van der Waals surface area contributed by atoms with Crippen molar-refractivity contribution in [3.05, 3.63) is 69.3 Å². The highest BCUT2D eigenvalue weighted by atomic mass is 19.2. The van der Waals surface area contributed by atoms with Gasteiger partial charge in [0.2, 0.25) is 0 Å². The summed E-state index contributed by atoms with van der Waals surface area (Å²) < 4.78 is 44.4. The van der Waals surface area contributed by atoms with Crippen molar-refractivity contribution >= 4 is 5.71 Å². The Morgan fingerprint density at radius 1 is 1.16 bits per heavy atom. The van der Waals surface area contributed by atoms with Gasteiger partial charge in [0.05, 0.1) is 17.9 Å². The van der Waals surface area contributed by atoms with Gasteiger partial charge in [-0.2, -0.15) is 4.39 Å². The van der Waals surface area contributed by atoms with E-state index in [0.29, 0.717) is 16.8 Å². The van der Waals surface area contributed by atoms with Crippen LogP contribution in [0.1, 0.15) is 91.6 Å². The molecule has 1 fully saturated rings. The number of aliphatic hydroxyl groups excluding tert-OH is 1. The van der Waals surface area contributed by atoms with E-state index >= 15 is 0 Å². The summed E-state index contributed by atoms with van der Waals surface area (Å²) in [6, 6.07) is 6.30. The number of halogens is 3. The highest BCUT2D eigenvalue weighted by Crippen LogP contribution is 2.38. The van der Waals surface area contributed by atoms with Crippen molar-refractivity contribution in [2.45, 2.75) is 78.2 Å². The molecule has 0 aliphatic heterocycles. The number of nitrogens with zero attached hydrogens (tertiary/aromatic N) is 1. The maximum absolute atomic E-state index is 14.9. The molecule has 1 aliphatic rings. The second-order valence-corrected chi connectivity index (χ2v) is 8.23. The van der Waals surface area contributed by atoms with Crippen LogP contribution in [0.3, 0.4) is 0 Å². The predicted octanol–water partition coefficient (Wildman–Crippen LogP) is 6.78. The highest BCUT2D eigenvalue weighted by Gasteiger charge is 2.27. The van der Waals surface area contributed by atoms with Crippen molar-refractivity contribution in [3.8, 4) is 0 Å². The van der Waals surface area contributed by atoms with Crippen LogP contribution in [0.15, 0.2) is 29.4 Å². The van der Waals surface area contributed by atoms with E-state index in [9.17, 15) is 18.3 Å². The normalized spacial score (nSPS) is 16.4.